The number of hydrogen-bond donors (Lipinski definition) is 0. The van der Waals surface area contributed by atoms with Crippen molar-refractivity contribution in [2.24, 2.45) is 11.8 Å². The molecule has 0 N–H and O–H groups in total. The third-order valence-corrected chi connectivity index (χ3v) is 9.06. The van der Waals surface area contributed by atoms with Gasteiger partial charge in [0.15, 0.2) is 0 Å². The molecular weight excluding hydrogens is 572 g/mol. The summed E-state index contributed by atoms with van der Waals surface area (Å²) in [5.74, 6) is 1.26. The molecule has 2 heterocycles. The van der Waals surface area contributed by atoms with Crippen LogP contribution in [-0.4, -0.2) is 18.9 Å². The van der Waals surface area contributed by atoms with Crippen molar-refractivity contribution in [2.75, 3.05) is 16.8 Å². The topological polar surface area (TPSA) is 28.8 Å². The third kappa shape index (κ3) is 6.07. The van der Waals surface area contributed by atoms with Crippen LogP contribution in [0.25, 0.3) is 5.41 Å². The van der Waals surface area contributed by atoms with E-state index in [1.54, 1.807) is 17.7 Å². The summed E-state index contributed by atoms with van der Waals surface area (Å²) in [7, 11) is 2.28. The van der Waals surface area contributed by atoms with E-state index in [4.69, 9.17) is 0 Å². The second-order valence-electron chi connectivity index (χ2n) is 11.0. The summed E-state index contributed by atoms with van der Waals surface area (Å²) in [5, 5.41) is 10.1. The van der Waals surface area contributed by atoms with Crippen molar-refractivity contribution < 1.29 is 30.5 Å². The maximum atomic E-state index is 13.7. The van der Waals surface area contributed by atoms with Gasteiger partial charge < -0.3 is 37.5 Å². The molecule has 5 atom stereocenters. The van der Waals surface area contributed by atoms with Crippen molar-refractivity contribution >= 4 is 17.2 Å². The van der Waals surface area contributed by atoms with Crippen LogP contribution in [0.3, 0.4) is 0 Å². The molecule has 6 heteroatoms. The number of nitrogens with zero attached hydrogens (tertiary/aromatic N) is 3. The molecule has 2 aliphatic heterocycles. The van der Waals surface area contributed by atoms with Gasteiger partial charge in [-0.05, 0) is 58.8 Å². The molecular formula is C37H41F2N3Ti. The maximum Gasteiger partial charge on any atom is 4.00 e. The summed E-state index contributed by atoms with van der Waals surface area (Å²) in [6.45, 7) is 5.15. The van der Waals surface area contributed by atoms with Gasteiger partial charge in [-0.2, -0.15) is 0 Å². The van der Waals surface area contributed by atoms with Crippen LogP contribution < -0.4 is 9.80 Å². The van der Waals surface area contributed by atoms with Crippen LogP contribution >= 0.6 is 0 Å². The van der Waals surface area contributed by atoms with E-state index in [0.29, 0.717) is 23.4 Å². The zero-order chi connectivity index (χ0) is 27.3. The number of fused-ring (bicyclic) bond motifs is 4. The Bertz CT molecular complexity index is 1500. The largest absolute Gasteiger partial charge is 4.00 e. The molecule has 4 aromatic rings. The molecule has 3 aliphatic rings. The average molecular weight is 614 g/mol. The van der Waals surface area contributed by atoms with E-state index in [9.17, 15) is 14.2 Å². The Balaban J connectivity index is 0.000000277. The quantitative estimate of drug-likeness (QED) is 0.167. The van der Waals surface area contributed by atoms with Gasteiger partial charge in [0.05, 0.1) is 0 Å². The third-order valence-electron chi connectivity index (χ3n) is 9.06. The fraction of sp³-hybridized carbons (Fsp3) is 0.243. The van der Waals surface area contributed by atoms with E-state index in [1.165, 1.54) is 34.3 Å². The monoisotopic (exact) mass is 613 g/mol. The van der Waals surface area contributed by atoms with Crippen molar-refractivity contribution in [1.29, 1.82) is 0 Å². The Labute approximate surface area is 272 Å². The van der Waals surface area contributed by atoms with Crippen molar-refractivity contribution in [3.63, 3.8) is 0 Å². The summed E-state index contributed by atoms with van der Waals surface area (Å²) in [6, 6.07) is 31.5. The van der Waals surface area contributed by atoms with Crippen LogP contribution in [0, 0.1) is 45.8 Å². The van der Waals surface area contributed by atoms with E-state index >= 15 is 0 Å². The van der Waals surface area contributed by atoms with Gasteiger partial charge in [0.2, 0.25) is 0 Å². The number of para-hydroxylation sites is 2. The first-order valence-corrected chi connectivity index (χ1v) is 13.6. The van der Waals surface area contributed by atoms with Gasteiger partial charge in [-0.15, -0.1) is 0 Å². The zero-order valence-corrected chi connectivity index (χ0v) is 27.5. The molecule has 3 nitrogen and oxygen atoms in total. The molecule has 0 amide bonds. The Hall–Kier alpha value is -3.28. The van der Waals surface area contributed by atoms with Crippen LogP contribution in [0.1, 0.15) is 47.9 Å². The number of likely N-dealkylation sites (N-methyl/N-ethyl adjacent to an activating group) is 1. The van der Waals surface area contributed by atoms with E-state index < -0.39 is 11.6 Å². The Morgan fingerprint density at radius 1 is 0.698 bits per heavy atom. The Morgan fingerprint density at radius 3 is 1.91 bits per heavy atom. The summed E-state index contributed by atoms with van der Waals surface area (Å²) >= 11 is 0. The van der Waals surface area contributed by atoms with Crippen LogP contribution in [0.5, 0.6) is 0 Å². The van der Waals surface area contributed by atoms with Crippen LogP contribution in [-0.2, 0) is 28.3 Å². The molecule has 0 aromatic heterocycles. The molecule has 1 fully saturated rings. The molecule has 1 aliphatic carbocycles. The van der Waals surface area contributed by atoms with Crippen molar-refractivity contribution in [3.8, 4) is 0 Å². The SMILES string of the molecule is CC1C(C)C2c3ccccc3N(C)C2C1c1ccccc1.[CH3-].[CH3-].[CH3-].[N-]=C1c2ccccc2CN1c1c(F)cccc1F.[Ti+4]. The summed E-state index contributed by atoms with van der Waals surface area (Å²) < 4.78 is 27.4. The standard InChI is InChI=1S/C20H23N.C14H9F2N2.3CH3.Ti/c1-13-14(2)19-16-11-7-8-12-17(16)21(3)20(19)18(13)15-9-5-4-6-10-15;15-11-6-3-7-12(16)13(11)18-8-9-4-1-2-5-10(9)14(18)17;;;;/h4-14,18-20H,1-3H3;1-7H,8H2;3*1H3;/q;4*-1;+4. The fourth-order valence-electron chi connectivity index (χ4n) is 7.07. The number of amidine groups is 1. The van der Waals surface area contributed by atoms with Gasteiger partial charge in [-0.3, -0.25) is 0 Å². The molecule has 43 heavy (non-hydrogen) atoms. The van der Waals surface area contributed by atoms with Gasteiger partial charge >= 0.3 is 21.7 Å². The normalized spacial score (nSPS) is 22.3. The molecule has 5 unspecified atom stereocenters. The van der Waals surface area contributed by atoms with Crippen LogP contribution in [0.2, 0.25) is 0 Å². The first-order valence-electron chi connectivity index (χ1n) is 13.6. The molecule has 0 spiro atoms. The maximum absolute atomic E-state index is 13.7. The minimum Gasteiger partial charge on any atom is -0.464 e. The zero-order valence-electron chi connectivity index (χ0n) is 25.9. The first-order chi connectivity index (χ1) is 18.9. The smallest absolute Gasteiger partial charge is 0.464 e. The summed E-state index contributed by atoms with van der Waals surface area (Å²) in [5.41, 5.74) is 5.74. The fourth-order valence-corrected chi connectivity index (χ4v) is 7.07. The van der Waals surface area contributed by atoms with Gasteiger partial charge in [-0.1, -0.05) is 98.5 Å². The Kier molecular flexibility index (Phi) is 12.1. The second-order valence-corrected chi connectivity index (χ2v) is 11.0. The van der Waals surface area contributed by atoms with Crippen molar-refractivity contribution in [1.82, 2.24) is 0 Å². The van der Waals surface area contributed by atoms with E-state index in [-0.39, 0.29) is 62.1 Å². The number of rotatable bonds is 2. The first kappa shape index (κ1) is 35.9. The predicted octanol–water partition coefficient (Wildman–Crippen LogP) is 9.31. The molecule has 222 valence electrons. The number of hydrogen-bond acceptors (Lipinski definition) is 1. The van der Waals surface area contributed by atoms with Gasteiger partial charge in [0, 0.05) is 36.3 Å². The molecule has 4 aromatic carbocycles. The minimum absolute atomic E-state index is 0. The van der Waals surface area contributed by atoms with Gasteiger partial charge in [-0.25, -0.2) is 8.78 Å². The molecule has 0 saturated heterocycles. The van der Waals surface area contributed by atoms with Gasteiger partial charge in [0.1, 0.15) is 11.6 Å². The van der Waals surface area contributed by atoms with Gasteiger partial charge in [0.25, 0.3) is 0 Å². The minimum atomic E-state index is -0.686. The molecule has 1 saturated carbocycles. The van der Waals surface area contributed by atoms with E-state index in [0.717, 1.165) is 17.4 Å². The Morgan fingerprint density at radius 2 is 1.26 bits per heavy atom. The molecule has 0 bridgehead atoms. The number of benzene rings is 4. The summed E-state index contributed by atoms with van der Waals surface area (Å²) in [4.78, 5) is 3.78. The van der Waals surface area contributed by atoms with E-state index in [2.05, 4.69) is 80.4 Å². The second kappa shape index (κ2) is 14.5. The summed E-state index contributed by atoms with van der Waals surface area (Å²) in [6.07, 6.45) is 0. The predicted molar refractivity (Wildman–Crippen MR) is 175 cm³/mol. The molecule has 7 rings (SSSR count). The van der Waals surface area contributed by atoms with Crippen molar-refractivity contribution in [2.45, 2.75) is 38.3 Å². The van der Waals surface area contributed by atoms with Crippen LogP contribution in [0.15, 0.2) is 97.1 Å². The average Bonchev–Trinajstić information content (AvgIpc) is 3.53. The van der Waals surface area contributed by atoms with Crippen LogP contribution in [0.4, 0.5) is 20.2 Å². The number of anilines is 2. The van der Waals surface area contributed by atoms with Crippen molar-refractivity contribution in [3.05, 3.63) is 159 Å². The molecule has 0 radical (unpaired) electrons. The van der Waals surface area contributed by atoms with E-state index in [1.807, 2.05) is 12.1 Å². The number of halogens is 2.